The van der Waals surface area contributed by atoms with E-state index in [1.807, 2.05) is 13.0 Å². The van der Waals surface area contributed by atoms with Gasteiger partial charge in [0, 0.05) is 12.7 Å². The third kappa shape index (κ3) is 1.52. The Kier molecular flexibility index (Phi) is 2.22. The molecule has 0 spiro atoms. The summed E-state index contributed by atoms with van der Waals surface area (Å²) >= 11 is 5.08. The maximum Gasteiger partial charge on any atom is 0.0819 e. The molecule has 0 aromatic carbocycles. The highest BCUT2D eigenvalue weighted by Gasteiger charge is 2.12. The molecule has 0 aromatic heterocycles. The van der Waals surface area contributed by atoms with Crippen LogP contribution < -0.4 is 0 Å². The summed E-state index contributed by atoms with van der Waals surface area (Å²) in [6.07, 6.45) is 6.40. The van der Waals surface area contributed by atoms with E-state index in [4.69, 9.17) is 12.2 Å². The fraction of sp³-hybridized carbons (Fsp3) is 0.571. The van der Waals surface area contributed by atoms with Gasteiger partial charge in [-0.05, 0) is 19.8 Å². The average molecular weight is 141 g/mol. The molecule has 1 nitrogen and oxygen atoms in total. The highest BCUT2D eigenvalue weighted by molar-refractivity contribution is 7.80. The number of thiocarbonyl (C=S) groups is 1. The van der Waals surface area contributed by atoms with Gasteiger partial charge in [-0.15, -0.1) is 0 Å². The molecule has 0 bridgehead atoms. The third-order valence-electron chi connectivity index (χ3n) is 1.44. The van der Waals surface area contributed by atoms with Crippen molar-refractivity contribution in [1.82, 2.24) is 4.90 Å². The summed E-state index contributed by atoms with van der Waals surface area (Å²) in [7, 11) is 0. The molecule has 9 heavy (non-hydrogen) atoms. The Labute approximate surface area is 61.4 Å². The van der Waals surface area contributed by atoms with Crippen LogP contribution in [-0.4, -0.2) is 16.4 Å². The monoisotopic (exact) mass is 141 g/mol. The molecule has 0 radical (unpaired) electrons. The minimum atomic E-state index is 1.09. The van der Waals surface area contributed by atoms with Crippen molar-refractivity contribution in [2.24, 2.45) is 0 Å². The summed E-state index contributed by atoms with van der Waals surface area (Å²) in [6.45, 7) is 3.13. The van der Waals surface area contributed by atoms with E-state index >= 15 is 0 Å². The molecule has 1 heterocycles. The van der Waals surface area contributed by atoms with Gasteiger partial charge in [0.2, 0.25) is 0 Å². The molecular weight excluding hydrogens is 130 g/mol. The maximum absolute atomic E-state index is 5.08. The normalized spacial score (nSPS) is 20.1. The van der Waals surface area contributed by atoms with Gasteiger partial charge in [-0.25, -0.2) is 0 Å². The predicted molar refractivity (Wildman–Crippen MR) is 43.4 cm³/mol. The van der Waals surface area contributed by atoms with Crippen LogP contribution in [0.5, 0.6) is 0 Å². The molecule has 1 aliphatic heterocycles. The fourth-order valence-electron chi connectivity index (χ4n) is 1.01. The van der Waals surface area contributed by atoms with Crippen LogP contribution in [0.3, 0.4) is 0 Å². The Hall–Kier alpha value is -0.370. The molecule has 1 aliphatic rings. The zero-order valence-electron chi connectivity index (χ0n) is 5.63. The van der Waals surface area contributed by atoms with Gasteiger partial charge in [0.05, 0.1) is 4.99 Å². The van der Waals surface area contributed by atoms with E-state index in [1.54, 1.807) is 0 Å². The topological polar surface area (TPSA) is 3.24 Å². The zero-order chi connectivity index (χ0) is 6.69. The van der Waals surface area contributed by atoms with Crippen molar-refractivity contribution < 1.29 is 0 Å². The maximum atomic E-state index is 5.08. The van der Waals surface area contributed by atoms with E-state index < -0.39 is 0 Å². The van der Waals surface area contributed by atoms with Crippen molar-refractivity contribution in [2.75, 3.05) is 6.54 Å². The van der Waals surface area contributed by atoms with E-state index in [0.717, 1.165) is 18.0 Å². The molecule has 0 aliphatic carbocycles. The first-order valence-corrected chi connectivity index (χ1v) is 3.67. The van der Waals surface area contributed by atoms with Gasteiger partial charge in [-0.2, -0.15) is 0 Å². The molecule has 0 amide bonds. The van der Waals surface area contributed by atoms with Crippen LogP contribution in [0.2, 0.25) is 0 Å². The number of hydrogen-bond acceptors (Lipinski definition) is 1. The lowest BCUT2D eigenvalue weighted by molar-refractivity contribution is 0.609. The smallest absolute Gasteiger partial charge is 0.0819 e. The lowest BCUT2D eigenvalue weighted by Crippen LogP contribution is -2.15. The first kappa shape index (κ1) is 6.75. The Balaban J connectivity index is 2.49. The van der Waals surface area contributed by atoms with Crippen molar-refractivity contribution in [2.45, 2.75) is 19.8 Å². The van der Waals surface area contributed by atoms with Crippen LogP contribution in [0, 0.1) is 0 Å². The van der Waals surface area contributed by atoms with E-state index in [9.17, 15) is 0 Å². The zero-order valence-corrected chi connectivity index (χ0v) is 6.45. The van der Waals surface area contributed by atoms with E-state index in [1.165, 1.54) is 6.42 Å². The van der Waals surface area contributed by atoms with Crippen molar-refractivity contribution >= 4 is 17.2 Å². The summed E-state index contributed by atoms with van der Waals surface area (Å²) in [5.41, 5.74) is 0. The molecule has 2 heteroatoms. The van der Waals surface area contributed by atoms with Crippen molar-refractivity contribution in [3.05, 3.63) is 12.3 Å². The van der Waals surface area contributed by atoms with Gasteiger partial charge < -0.3 is 4.90 Å². The minimum absolute atomic E-state index is 1.09. The Morgan fingerprint density at radius 3 is 2.89 bits per heavy atom. The molecule has 1 rings (SSSR count). The second-order valence-electron chi connectivity index (χ2n) is 2.17. The molecule has 1 fully saturated rings. The number of hydrogen-bond donors (Lipinski definition) is 0. The SMILES string of the molecule is CC=CN1CCCC1=S. The molecule has 0 unspecified atom stereocenters. The quantitative estimate of drug-likeness (QED) is 0.513. The standard InChI is InChI=1S/C7H11NS/c1-2-5-8-6-3-4-7(8)9/h2,5H,3-4,6H2,1H3. The van der Waals surface area contributed by atoms with Crippen LogP contribution in [0.4, 0.5) is 0 Å². The van der Waals surface area contributed by atoms with Crippen molar-refractivity contribution in [3.63, 3.8) is 0 Å². The summed E-state index contributed by atoms with van der Waals surface area (Å²) < 4.78 is 0. The number of likely N-dealkylation sites (tertiary alicyclic amines) is 1. The number of nitrogens with zero attached hydrogens (tertiary/aromatic N) is 1. The minimum Gasteiger partial charge on any atom is -0.343 e. The van der Waals surface area contributed by atoms with Gasteiger partial charge in [-0.1, -0.05) is 18.3 Å². The first-order chi connectivity index (χ1) is 4.34. The van der Waals surface area contributed by atoms with Gasteiger partial charge in [-0.3, -0.25) is 0 Å². The summed E-state index contributed by atoms with van der Waals surface area (Å²) in [5.74, 6) is 0. The molecule has 0 aromatic rings. The van der Waals surface area contributed by atoms with Crippen LogP contribution in [0.1, 0.15) is 19.8 Å². The second-order valence-corrected chi connectivity index (χ2v) is 2.64. The van der Waals surface area contributed by atoms with Crippen LogP contribution in [0.25, 0.3) is 0 Å². The van der Waals surface area contributed by atoms with Gasteiger partial charge in [0.25, 0.3) is 0 Å². The summed E-state index contributed by atoms with van der Waals surface area (Å²) in [4.78, 5) is 3.23. The summed E-state index contributed by atoms with van der Waals surface area (Å²) in [5, 5.41) is 0. The molecular formula is C7H11NS. The highest BCUT2D eigenvalue weighted by atomic mass is 32.1. The van der Waals surface area contributed by atoms with Crippen LogP contribution >= 0.6 is 12.2 Å². The van der Waals surface area contributed by atoms with Crippen LogP contribution in [0.15, 0.2) is 12.3 Å². The van der Waals surface area contributed by atoms with E-state index in [2.05, 4.69) is 11.1 Å². The van der Waals surface area contributed by atoms with Gasteiger partial charge in [0.15, 0.2) is 0 Å². The average Bonchev–Trinajstić information content (AvgIpc) is 2.18. The second kappa shape index (κ2) is 2.97. The van der Waals surface area contributed by atoms with Gasteiger partial charge in [0.1, 0.15) is 0 Å². The predicted octanol–water partition coefficient (Wildman–Crippen LogP) is 1.94. The Bertz CT molecular complexity index is 140. The molecule has 0 saturated carbocycles. The van der Waals surface area contributed by atoms with Gasteiger partial charge >= 0.3 is 0 Å². The molecule has 1 saturated heterocycles. The lowest BCUT2D eigenvalue weighted by Gasteiger charge is -2.09. The highest BCUT2D eigenvalue weighted by Crippen LogP contribution is 2.11. The lowest BCUT2D eigenvalue weighted by atomic mass is 10.4. The molecule has 0 N–H and O–H groups in total. The van der Waals surface area contributed by atoms with Crippen LogP contribution in [-0.2, 0) is 0 Å². The van der Waals surface area contributed by atoms with E-state index in [-0.39, 0.29) is 0 Å². The largest absolute Gasteiger partial charge is 0.343 e. The Morgan fingerprint density at radius 1 is 1.67 bits per heavy atom. The summed E-state index contributed by atoms with van der Waals surface area (Å²) in [6, 6.07) is 0. The Morgan fingerprint density at radius 2 is 2.44 bits per heavy atom. The number of allylic oxidation sites excluding steroid dienone is 1. The van der Waals surface area contributed by atoms with E-state index in [0.29, 0.717) is 0 Å². The first-order valence-electron chi connectivity index (χ1n) is 3.27. The third-order valence-corrected chi connectivity index (χ3v) is 1.88. The number of rotatable bonds is 1. The van der Waals surface area contributed by atoms with Crippen molar-refractivity contribution in [1.29, 1.82) is 0 Å². The molecule has 0 atom stereocenters. The van der Waals surface area contributed by atoms with Crippen molar-refractivity contribution in [3.8, 4) is 0 Å². The fourth-order valence-corrected chi connectivity index (χ4v) is 1.30. The molecule has 50 valence electrons.